The number of alkyl halides is 2. The number of rotatable bonds is 8. The second kappa shape index (κ2) is 11.9. The summed E-state index contributed by atoms with van der Waals surface area (Å²) >= 11 is 0. The lowest BCUT2D eigenvalue weighted by Crippen LogP contribution is -2.55. The van der Waals surface area contributed by atoms with Crippen LogP contribution in [-0.2, 0) is 10.2 Å². The van der Waals surface area contributed by atoms with Gasteiger partial charge in [-0.2, -0.15) is 0 Å². The zero-order valence-electron chi connectivity index (χ0n) is 28.3. The van der Waals surface area contributed by atoms with Gasteiger partial charge in [0.15, 0.2) is 5.82 Å². The van der Waals surface area contributed by atoms with Gasteiger partial charge in [0.1, 0.15) is 5.52 Å². The predicted molar refractivity (Wildman–Crippen MR) is 184 cm³/mol. The number of carbonyl (C=O) groups is 2. The SMILES string of the molecule is CNC(=O)c1cc(Nc2nc(-c3ccc4c(c3)N(C3CC(N5CC[C@@H](C(F)F)C5)C3)C(=O)C4(C)C)cc3ncn(C(C)C)c23)ccc1C. The summed E-state index contributed by atoms with van der Waals surface area (Å²) in [6.45, 7) is 11.2. The molecule has 1 saturated heterocycles. The van der Waals surface area contributed by atoms with Gasteiger partial charge >= 0.3 is 0 Å². The lowest BCUT2D eigenvalue weighted by Gasteiger charge is -2.46. The molecule has 7 rings (SSSR count). The normalized spacial score (nSPS) is 22.1. The van der Waals surface area contributed by atoms with Crippen molar-refractivity contribution in [2.45, 2.75) is 83.8 Å². The van der Waals surface area contributed by atoms with Crippen LogP contribution in [0.3, 0.4) is 0 Å². The number of pyridine rings is 1. The van der Waals surface area contributed by atoms with Gasteiger partial charge in [0.25, 0.3) is 5.91 Å². The third-order valence-electron chi connectivity index (χ3n) is 10.6. The van der Waals surface area contributed by atoms with Crippen LogP contribution in [0, 0.1) is 12.8 Å². The van der Waals surface area contributed by atoms with Crippen molar-refractivity contribution in [1.29, 1.82) is 0 Å². The summed E-state index contributed by atoms with van der Waals surface area (Å²) in [7, 11) is 1.62. The fraction of sp³-hybridized carbons (Fsp3) is 0.459. The highest BCUT2D eigenvalue weighted by molar-refractivity contribution is 6.09. The van der Waals surface area contributed by atoms with E-state index >= 15 is 0 Å². The summed E-state index contributed by atoms with van der Waals surface area (Å²) in [5.74, 6) is -0.0351. The van der Waals surface area contributed by atoms with Gasteiger partial charge in [-0.05, 0) is 95.8 Å². The first-order chi connectivity index (χ1) is 22.9. The van der Waals surface area contributed by atoms with E-state index in [2.05, 4.69) is 40.0 Å². The van der Waals surface area contributed by atoms with Crippen LogP contribution in [0.4, 0.5) is 26.0 Å². The molecule has 0 bridgehead atoms. The number of fused-ring (bicyclic) bond motifs is 2. The quantitative estimate of drug-likeness (QED) is 0.216. The van der Waals surface area contributed by atoms with Gasteiger partial charge in [0.2, 0.25) is 12.3 Å². The maximum Gasteiger partial charge on any atom is 0.251 e. The topological polar surface area (TPSA) is 95.4 Å². The van der Waals surface area contributed by atoms with E-state index in [-0.39, 0.29) is 29.9 Å². The van der Waals surface area contributed by atoms with Crippen molar-refractivity contribution in [2.24, 2.45) is 5.92 Å². The minimum atomic E-state index is -2.28. The average molecular weight is 656 g/mol. The number of aromatic nitrogens is 3. The van der Waals surface area contributed by atoms with Crippen LogP contribution in [-0.4, -0.2) is 69.9 Å². The Morgan fingerprint density at radius 3 is 2.52 bits per heavy atom. The third-order valence-corrected chi connectivity index (χ3v) is 10.6. The van der Waals surface area contributed by atoms with Crippen LogP contribution < -0.4 is 15.5 Å². The monoisotopic (exact) mass is 655 g/mol. The summed E-state index contributed by atoms with van der Waals surface area (Å²) in [4.78, 5) is 40.5. The molecule has 0 unspecified atom stereocenters. The lowest BCUT2D eigenvalue weighted by atomic mass is 9.83. The molecular formula is C37H43F2N7O2. The van der Waals surface area contributed by atoms with E-state index in [1.54, 1.807) is 7.05 Å². The fourth-order valence-corrected chi connectivity index (χ4v) is 7.63. The number of nitrogens with one attached hydrogen (secondary N) is 2. The second-order valence-corrected chi connectivity index (χ2v) is 14.4. The summed E-state index contributed by atoms with van der Waals surface area (Å²) < 4.78 is 28.7. The van der Waals surface area contributed by atoms with Crippen LogP contribution in [0.15, 0.2) is 48.8 Å². The van der Waals surface area contributed by atoms with Crippen LogP contribution in [0.1, 0.15) is 74.5 Å². The van der Waals surface area contributed by atoms with Crippen molar-refractivity contribution < 1.29 is 18.4 Å². The van der Waals surface area contributed by atoms with Crippen molar-refractivity contribution in [3.63, 3.8) is 0 Å². The van der Waals surface area contributed by atoms with Gasteiger partial charge in [-0.3, -0.25) is 14.5 Å². The van der Waals surface area contributed by atoms with Crippen molar-refractivity contribution in [1.82, 2.24) is 24.8 Å². The Bertz CT molecular complexity index is 1910. The highest BCUT2D eigenvalue weighted by Gasteiger charge is 2.50. The number of hydrogen-bond acceptors (Lipinski definition) is 6. The summed E-state index contributed by atoms with van der Waals surface area (Å²) in [6.07, 6.45) is 1.63. The number of hydrogen-bond donors (Lipinski definition) is 2. The van der Waals surface area contributed by atoms with E-state index < -0.39 is 17.8 Å². The predicted octanol–water partition coefficient (Wildman–Crippen LogP) is 6.83. The lowest BCUT2D eigenvalue weighted by molar-refractivity contribution is -0.123. The van der Waals surface area contributed by atoms with Gasteiger partial charge in [-0.1, -0.05) is 18.2 Å². The Kier molecular flexibility index (Phi) is 8.01. The molecule has 2 aromatic heterocycles. The Morgan fingerprint density at radius 2 is 1.83 bits per heavy atom. The molecule has 0 radical (unpaired) electrons. The van der Waals surface area contributed by atoms with Gasteiger partial charge in [0.05, 0.1) is 23.0 Å². The van der Waals surface area contributed by atoms with Crippen molar-refractivity contribution in [2.75, 3.05) is 30.4 Å². The second-order valence-electron chi connectivity index (χ2n) is 14.4. The number of carbonyl (C=O) groups excluding carboxylic acids is 2. The first kappa shape index (κ1) is 32.2. The molecule has 4 heterocycles. The Balaban J connectivity index is 1.24. The smallest absolute Gasteiger partial charge is 0.251 e. The minimum absolute atomic E-state index is 0.0225. The van der Waals surface area contributed by atoms with Crippen molar-refractivity contribution >= 4 is 40.0 Å². The molecule has 4 aromatic rings. The number of amides is 2. The van der Waals surface area contributed by atoms with E-state index in [9.17, 15) is 18.4 Å². The molecule has 11 heteroatoms. The van der Waals surface area contributed by atoms with E-state index in [0.29, 0.717) is 36.6 Å². The van der Waals surface area contributed by atoms with Crippen molar-refractivity contribution in [3.05, 3.63) is 65.5 Å². The molecule has 0 spiro atoms. The van der Waals surface area contributed by atoms with Crippen LogP contribution >= 0.6 is 0 Å². The van der Waals surface area contributed by atoms with E-state index in [4.69, 9.17) is 9.97 Å². The Labute approximate surface area is 279 Å². The maximum atomic E-state index is 13.9. The Hall–Kier alpha value is -4.38. The molecule has 1 saturated carbocycles. The van der Waals surface area contributed by atoms with E-state index in [1.807, 2.05) is 68.4 Å². The number of imidazole rings is 1. The fourth-order valence-electron chi connectivity index (χ4n) is 7.63. The largest absolute Gasteiger partial charge is 0.355 e. The molecule has 48 heavy (non-hydrogen) atoms. The van der Waals surface area contributed by atoms with Gasteiger partial charge in [-0.15, -0.1) is 0 Å². The minimum Gasteiger partial charge on any atom is -0.355 e. The molecule has 2 aliphatic heterocycles. The van der Waals surface area contributed by atoms with E-state index in [1.165, 1.54) is 0 Å². The highest BCUT2D eigenvalue weighted by atomic mass is 19.3. The molecule has 3 aliphatic rings. The molecule has 2 N–H and O–H groups in total. The van der Waals surface area contributed by atoms with Crippen LogP contribution in [0.25, 0.3) is 22.3 Å². The number of aryl methyl sites for hydroxylation is 1. The zero-order chi connectivity index (χ0) is 34.1. The standard InChI is InChI=1S/C37H43F2N7O2/c1-20(2)45-19-41-30-17-29(43-34(32(30)45)42-24-9-7-21(3)27(14-24)35(47)40-6)22-8-10-28-31(13-22)46(36(48)37(28,4)5)26-15-25(16-26)44-12-11-23(18-44)33(38)39/h7-10,13-14,17,19-20,23,25-26,33H,11-12,15-16,18H2,1-6H3,(H,40,47)(H,42,43)/t23-,25?,26?/m1/s1. The summed E-state index contributed by atoms with van der Waals surface area (Å²) in [5.41, 5.74) is 6.55. The number of anilines is 3. The first-order valence-corrected chi connectivity index (χ1v) is 16.9. The maximum absolute atomic E-state index is 13.9. The number of halogens is 2. The molecule has 2 fully saturated rings. The number of nitrogens with zero attached hydrogens (tertiary/aromatic N) is 5. The molecule has 9 nitrogen and oxygen atoms in total. The average Bonchev–Trinajstić information content (AvgIpc) is 3.74. The molecule has 2 aromatic carbocycles. The zero-order valence-corrected chi connectivity index (χ0v) is 28.3. The molecular weight excluding hydrogens is 612 g/mol. The van der Waals surface area contributed by atoms with Crippen LogP contribution in [0.5, 0.6) is 0 Å². The highest BCUT2D eigenvalue weighted by Crippen LogP contribution is 2.48. The molecule has 1 aliphatic carbocycles. The Morgan fingerprint density at radius 1 is 1.06 bits per heavy atom. The van der Waals surface area contributed by atoms with Gasteiger partial charge < -0.3 is 20.1 Å². The van der Waals surface area contributed by atoms with E-state index in [0.717, 1.165) is 51.9 Å². The van der Waals surface area contributed by atoms with Gasteiger partial charge in [0, 0.05) is 60.1 Å². The first-order valence-electron chi connectivity index (χ1n) is 16.9. The summed E-state index contributed by atoms with van der Waals surface area (Å²) in [5, 5.41) is 6.19. The number of benzene rings is 2. The van der Waals surface area contributed by atoms with Gasteiger partial charge in [-0.25, -0.2) is 18.7 Å². The summed E-state index contributed by atoms with van der Waals surface area (Å²) in [6, 6.07) is 14.1. The van der Waals surface area contributed by atoms with Crippen LogP contribution in [0.2, 0.25) is 0 Å². The third kappa shape index (κ3) is 5.32. The number of likely N-dealkylation sites (tertiary alicyclic amines) is 1. The molecule has 252 valence electrons. The molecule has 2 amide bonds. The van der Waals surface area contributed by atoms with Crippen molar-refractivity contribution in [3.8, 4) is 11.3 Å². The molecule has 1 atom stereocenters.